The third-order valence-electron chi connectivity index (χ3n) is 2.34. The van der Waals surface area contributed by atoms with Gasteiger partial charge in [0.05, 0.1) is 5.92 Å². The molecule has 1 aliphatic carbocycles. The SMILES string of the molecule is Cl.N[C@H]1C[C@@H](C(=O)O)C[C@H]1C(F)F. The van der Waals surface area contributed by atoms with Gasteiger partial charge in [0.15, 0.2) is 0 Å². The second kappa shape index (κ2) is 4.72. The molecule has 78 valence electrons. The number of carboxylic acids is 1. The van der Waals surface area contributed by atoms with Crippen molar-refractivity contribution in [1.82, 2.24) is 0 Å². The van der Waals surface area contributed by atoms with Gasteiger partial charge in [-0.1, -0.05) is 0 Å². The molecule has 0 aromatic carbocycles. The Balaban J connectivity index is 0.00000144. The van der Waals surface area contributed by atoms with E-state index >= 15 is 0 Å². The lowest BCUT2D eigenvalue weighted by Gasteiger charge is -2.12. The van der Waals surface area contributed by atoms with Crippen LogP contribution in [0.15, 0.2) is 0 Å². The average Bonchev–Trinajstić information content (AvgIpc) is 2.30. The molecule has 6 heteroatoms. The molecule has 0 amide bonds. The maximum Gasteiger partial charge on any atom is 0.306 e. The molecule has 3 nitrogen and oxygen atoms in total. The van der Waals surface area contributed by atoms with Crippen LogP contribution in [0.4, 0.5) is 8.78 Å². The molecule has 1 saturated carbocycles. The van der Waals surface area contributed by atoms with Gasteiger partial charge in [0.25, 0.3) is 0 Å². The van der Waals surface area contributed by atoms with Gasteiger partial charge in [-0.2, -0.15) is 0 Å². The molecule has 0 radical (unpaired) electrons. The molecular weight excluding hydrogens is 204 g/mol. The zero-order valence-electron chi connectivity index (χ0n) is 6.82. The number of carboxylic acid groups (broad SMARTS) is 1. The van der Waals surface area contributed by atoms with E-state index in [1.807, 2.05) is 0 Å². The minimum atomic E-state index is -2.50. The highest BCUT2D eigenvalue weighted by atomic mass is 35.5. The monoisotopic (exact) mass is 215 g/mol. The van der Waals surface area contributed by atoms with E-state index in [2.05, 4.69) is 0 Å². The predicted molar refractivity (Wildman–Crippen MR) is 45.1 cm³/mol. The fourth-order valence-electron chi connectivity index (χ4n) is 1.59. The Morgan fingerprint density at radius 1 is 1.46 bits per heavy atom. The lowest BCUT2D eigenvalue weighted by Crippen LogP contribution is -2.29. The molecule has 13 heavy (non-hydrogen) atoms. The third-order valence-corrected chi connectivity index (χ3v) is 2.34. The number of halogens is 3. The lowest BCUT2D eigenvalue weighted by atomic mass is 10.0. The Kier molecular flexibility index (Phi) is 4.56. The summed E-state index contributed by atoms with van der Waals surface area (Å²) in [4.78, 5) is 10.4. The molecule has 0 bridgehead atoms. The second-order valence-electron chi connectivity index (χ2n) is 3.17. The standard InChI is InChI=1S/C7H11F2NO2.ClH/c8-6(9)4-1-3(7(11)12)2-5(4)10;/h3-6H,1-2,10H2,(H,11,12);1H/t3-,4+,5-;/m0./s1. The molecule has 1 fully saturated rings. The van der Waals surface area contributed by atoms with Crippen molar-refractivity contribution in [2.45, 2.75) is 25.3 Å². The smallest absolute Gasteiger partial charge is 0.306 e. The van der Waals surface area contributed by atoms with Gasteiger partial charge in [0, 0.05) is 12.0 Å². The number of carbonyl (C=O) groups is 1. The van der Waals surface area contributed by atoms with E-state index < -0.39 is 30.3 Å². The molecule has 0 aliphatic heterocycles. The van der Waals surface area contributed by atoms with E-state index in [9.17, 15) is 13.6 Å². The van der Waals surface area contributed by atoms with Crippen LogP contribution < -0.4 is 5.73 Å². The van der Waals surface area contributed by atoms with Gasteiger partial charge < -0.3 is 10.8 Å². The molecule has 3 N–H and O–H groups in total. The summed E-state index contributed by atoms with van der Waals surface area (Å²) in [6, 6.07) is -0.661. The topological polar surface area (TPSA) is 63.3 Å². The van der Waals surface area contributed by atoms with E-state index in [1.165, 1.54) is 0 Å². The number of rotatable bonds is 2. The number of hydrogen-bond acceptors (Lipinski definition) is 2. The minimum Gasteiger partial charge on any atom is -0.481 e. The number of hydrogen-bond donors (Lipinski definition) is 2. The van der Waals surface area contributed by atoms with Crippen LogP contribution in [0.3, 0.4) is 0 Å². The molecule has 0 unspecified atom stereocenters. The second-order valence-corrected chi connectivity index (χ2v) is 3.17. The molecule has 1 aliphatic rings. The van der Waals surface area contributed by atoms with Crippen molar-refractivity contribution < 1.29 is 18.7 Å². The first-order chi connectivity index (χ1) is 5.52. The molecule has 0 spiro atoms. The average molecular weight is 216 g/mol. The molecule has 0 aromatic rings. The molecule has 3 atom stereocenters. The van der Waals surface area contributed by atoms with Gasteiger partial charge in [-0.15, -0.1) is 12.4 Å². The van der Waals surface area contributed by atoms with Crippen LogP contribution in [0.25, 0.3) is 0 Å². The van der Waals surface area contributed by atoms with Crippen LogP contribution in [0, 0.1) is 11.8 Å². The normalized spacial score (nSPS) is 33.1. The number of nitrogens with two attached hydrogens (primary N) is 1. The van der Waals surface area contributed by atoms with Gasteiger partial charge in [-0.25, -0.2) is 8.78 Å². The summed E-state index contributed by atoms with van der Waals surface area (Å²) in [5.41, 5.74) is 5.36. The highest BCUT2D eigenvalue weighted by molar-refractivity contribution is 5.85. The first kappa shape index (κ1) is 12.6. The zero-order valence-corrected chi connectivity index (χ0v) is 7.64. The van der Waals surface area contributed by atoms with Crippen molar-refractivity contribution in [3.63, 3.8) is 0 Å². The predicted octanol–water partition coefficient (Wildman–Crippen LogP) is 1.11. The van der Waals surface area contributed by atoms with Crippen molar-refractivity contribution in [2.75, 3.05) is 0 Å². The molecule has 1 rings (SSSR count). The van der Waals surface area contributed by atoms with E-state index in [4.69, 9.17) is 10.8 Å². The Morgan fingerprint density at radius 2 is 2.00 bits per heavy atom. The van der Waals surface area contributed by atoms with Crippen LogP contribution in [-0.4, -0.2) is 23.5 Å². The number of aliphatic carboxylic acids is 1. The van der Waals surface area contributed by atoms with E-state index in [-0.39, 0.29) is 25.2 Å². The minimum absolute atomic E-state index is 0. The maximum absolute atomic E-state index is 12.2. The first-order valence-corrected chi connectivity index (χ1v) is 3.79. The van der Waals surface area contributed by atoms with Crippen molar-refractivity contribution in [2.24, 2.45) is 17.6 Å². The Morgan fingerprint density at radius 3 is 2.23 bits per heavy atom. The van der Waals surface area contributed by atoms with E-state index in [0.29, 0.717) is 0 Å². The maximum atomic E-state index is 12.2. The lowest BCUT2D eigenvalue weighted by molar-refractivity contribution is -0.141. The van der Waals surface area contributed by atoms with Crippen LogP contribution >= 0.6 is 12.4 Å². The van der Waals surface area contributed by atoms with Gasteiger partial charge in [0.1, 0.15) is 0 Å². The van der Waals surface area contributed by atoms with Crippen LogP contribution in [0.5, 0.6) is 0 Å². The van der Waals surface area contributed by atoms with Crippen molar-refractivity contribution in [3.8, 4) is 0 Å². The Bertz CT molecular complexity index is 191. The summed E-state index contributed by atoms with van der Waals surface area (Å²) in [6.45, 7) is 0. The van der Waals surface area contributed by atoms with Crippen LogP contribution in [0.1, 0.15) is 12.8 Å². The van der Waals surface area contributed by atoms with Crippen molar-refractivity contribution in [1.29, 1.82) is 0 Å². The molecule has 0 heterocycles. The van der Waals surface area contributed by atoms with Crippen molar-refractivity contribution in [3.05, 3.63) is 0 Å². The van der Waals surface area contributed by atoms with Crippen LogP contribution in [-0.2, 0) is 4.79 Å². The summed E-state index contributed by atoms with van der Waals surface area (Å²) in [5.74, 6) is -2.64. The Hall–Kier alpha value is -0.420. The summed E-state index contributed by atoms with van der Waals surface area (Å²) in [5, 5.41) is 8.53. The van der Waals surface area contributed by atoms with E-state index in [1.54, 1.807) is 0 Å². The summed E-state index contributed by atoms with van der Waals surface area (Å²) >= 11 is 0. The van der Waals surface area contributed by atoms with Crippen molar-refractivity contribution >= 4 is 18.4 Å². The first-order valence-electron chi connectivity index (χ1n) is 3.79. The van der Waals surface area contributed by atoms with Crippen LogP contribution in [0.2, 0.25) is 0 Å². The highest BCUT2D eigenvalue weighted by Crippen LogP contribution is 2.34. The van der Waals surface area contributed by atoms with Gasteiger partial charge in [0.2, 0.25) is 6.43 Å². The quantitative estimate of drug-likeness (QED) is 0.726. The molecule has 0 saturated heterocycles. The van der Waals surface area contributed by atoms with Gasteiger partial charge in [-0.05, 0) is 12.8 Å². The fourth-order valence-corrected chi connectivity index (χ4v) is 1.59. The highest BCUT2D eigenvalue weighted by Gasteiger charge is 2.40. The molecular formula is C7H12ClF2NO2. The summed E-state index contributed by atoms with van der Waals surface area (Å²) in [7, 11) is 0. The largest absolute Gasteiger partial charge is 0.481 e. The third kappa shape index (κ3) is 2.77. The van der Waals surface area contributed by atoms with Gasteiger partial charge >= 0.3 is 5.97 Å². The van der Waals surface area contributed by atoms with Gasteiger partial charge in [-0.3, -0.25) is 4.79 Å². The fraction of sp³-hybridized carbons (Fsp3) is 0.857. The number of alkyl halides is 2. The van der Waals surface area contributed by atoms with E-state index in [0.717, 1.165) is 0 Å². The zero-order chi connectivity index (χ0) is 9.30. The summed E-state index contributed by atoms with van der Waals surface area (Å²) in [6.07, 6.45) is -2.32. The summed E-state index contributed by atoms with van der Waals surface area (Å²) < 4.78 is 24.3. The molecule has 0 aromatic heterocycles. The Labute approximate surface area is 80.7 Å².